The van der Waals surface area contributed by atoms with Crippen molar-refractivity contribution in [3.63, 3.8) is 0 Å². The van der Waals surface area contributed by atoms with Crippen LogP contribution in [0.4, 0.5) is 0 Å². The Morgan fingerprint density at radius 3 is 1.62 bits per heavy atom. The molecule has 0 radical (unpaired) electrons. The van der Waals surface area contributed by atoms with Crippen LogP contribution in [0.5, 0.6) is 0 Å². The van der Waals surface area contributed by atoms with Crippen molar-refractivity contribution in [1.29, 1.82) is 0 Å². The van der Waals surface area contributed by atoms with Gasteiger partial charge in [-0.1, -0.05) is 6.92 Å². The molecule has 0 amide bonds. The van der Waals surface area contributed by atoms with Crippen LogP contribution in [0.15, 0.2) is 0 Å². The molecular formula is C4H8O3Ti. The molecule has 0 heterocycles. The first-order valence-electron chi connectivity index (χ1n) is 2.17. The molecule has 0 N–H and O–H groups in total. The summed E-state index contributed by atoms with van der Waals surface area (Å²) in [4.78, 5) is 9.81. The van der Waals surface area contributed by atoms with Gasteiger partial charge in [-0.2, -0.15) is 0 Å². The first kappa shape index (κ1) is 10.9. The Balaban J connectivity index is 0. The van der Waals surface area contributed by atoms with Crippen molar-refractivity contribution < 1.29 is 30.5 Å². The van der Waals surface area contributed by atoms with E-state index in [4.69, 9.17) is 6.65 Å². The fourth-order valence-electron chi connectivity index (χ4n) is 0. The molecule has 0 aliphatic heterocycles. The van der Waals surface area contributed by atoms with Crippen molar-refractivity contribution in [2.24, 2.45) is 0 Å². The van der Waals surface area contributed by atoms with Gasteiger partial charge in [0.2, 0.25) is 0 Å². The third kappa shape index (κ3) is 37.8. The zero-order valence-corrected chi connectivity index (χ0v) is 6.49. The van der Waals surface area contributed by atoms with Crippen LogP contribution in [0.25, 0.3) is 0 Å². The van der Waals surface area contributed by atoms with Gasteiger partial charge in [0.25, 0.3) is 0 Å². The predicted molar refractivity (Wildman–Crippen MR) is 22.3 cm³/mol. The standard InChI is InChI=1S/C4H8O.2O.Ti/c1-3-4(2)5;;;/h3H2,1-2H3;;;. The Hall–Kier alpha value is -0.0157. The van der Waals surface area contributed by atoms with Crippen LogP contribution in [-0.2, 0) is 30.5 Å². The van der Waals surface area contributed by atoms with Crippen molar-refractivity contribution in [1.82, 2.24) is 0 Å². The molecule has 0 spiro atoms. The summed E-state index contributed by atoms with van der Waals surface area (Å²) in [6.45, 7) is 3.43. The van der Waals surface area contributed by atoms with Crippen LogP contribution in [0.1, 0.15) is 20.3 Å². The average Bonchev–Trinajstić information content (AvgIpc) is 1.69. The molecule has 3 nitrogen and oxygen atoms in total. The molecule has 0 aliphatic rings. The summed E-state index contributed by atoms with van der Waals surface area (Å²) in [5.41, 5.74) is 0. The average molecular weight is 152 g/mol. The van der Waals surface area contributed by atoms with Gasteiger partial charge in [-0.15, -0.1) is 0 Å². The number of ketones is 1. The van der Waals surface area contributed by atoms with Gasteiger partial charge in [0.05, 0.1) is 0 Å². The summed E-state index contributed by atoms with van der Waals surface area (Å²) in [7, 11) is 0. The van der Waals surface area contributed by atoms with Crippen molar-refractivity contribution in [2.75, 3.05) is 0 Å². The molecule has 0 atom stereocenters. The number of hydrogen-bond donors (Lipinski definition) is 0. The van der Waals surface area contributed by atoms with Gasteiger partial charge in [-0.25, -0.2) is 0 Å². The molecule has 8 heavy (non-hydrogen) atoms. The number of carbonyl (C=O) groups excluding carboxylic acids is 1. The second kappa shape index (κ2) is 10.1. The van der Waals surface area contributed by atoms with Crippen molar-refractivity contribution >= 4 is 5.78 Å². The minimum atomic E-state index is -2.00. The summed E-state index contributed by atoms with van der Waals surface area (Å²) in [6.07, 6.45) is 0.667. The van der Waals surface area contributed by atoms with Crippen molar-refractivity contribution in [3.05, 3.63) is 0 Å². The Labute approximate surface area is 57.0 Å². The first-order valence-corrected chi connectivity index (χ1v) is 3.45. The molecule has 0 saturated heterocycles. The van der Waals surface area contributed by atoms with E-state index in [0.717, 1.165) is 0 Å². The maximum atomic E-state index is 9.81. The fraction of sp³-hybridized carbons (Fsp3) is 0.750. The van der Waals surface area contributed by atoms with Crippen LogP contribution in [-0.4, -0.2) is 5.78 Å². The fourth-order valence-corrected chi connectivity index (χ4v) is 0. The van der Waals surface area contributed by atoms with E-state index in [-0.39, 0.29) is 5.78 Å². The normalized spacial score (nSPS) is 5.75. The maximum absolute atomic E-state index is 9.81. The van der Waals surface area contributed by atoms with E-state index in [2.05, 4.69) is 0 Å². The third-order valence-corrected chi connectivity index (χ3v) is 0.498. The predicted octanol–water partition coefficient (Wildman–Crippen LogP) is 0.745. The van der Waals surface area contributed by atoms with Gasteiger partial charge in [0.1, 0.15) is 5.78 Å². The molecular weight excluding hydrogens is 144 g/mol. The SMILES string of the molecule is CCC(C)=O.[O]=[Ti]=[O]. The Kier molecular flexibility index (Phi) is 13.7. The number of Topliss-reactive ketones (excluding diaryl/α,β-unsaturated/α-hetero) is 1. The Bertz CT molecular complexity index is 93.5. The number of hydrogen-bond acceptors (Lipinski definition) is 3. The summed E-state index contributed by atoms with van der Waals surface area (Å²) in [5, 5.41) is 0. The van der Waals surface area contributed by atoms with E-state index in [9.17, 15) is 4.79 Å². The molecule has 0 bridgehead atoms. The van der Waals surface area contributed by atoms with Crippen molar-refractivity contribution in [2.45, 2.75) is 20.3 Å². The van der Waals surface area contributed by atoms with Gasteiger partial charge in [0, 0.05) is 6.42 Å². The molecule has 0 aromatic carbocycles. The van der Waals surface area contributed by atoms with E-state index >= 15 is 0 Å². The second-order valence-corrected chi connectivity index (χ2v) is 1.40. The zero-order valence-electron chi connectivity index (χ0n) is 4.93. The van der Waals surface area contributed by atoms with E-state index < -0.39 is 19.1 Å². The first-order chi connectivity index (χ1) is 3.68. The molecule has 0 aromatic heterocycles. The molecule has 0 rings (SSSR count). The summed E-state index contributed by atoms with van der Waals surface area (Å²) in [5.74, 6) is 0.255. The molecule has 0 saturated carbocycles. The number of carbonyl (C=O) groups is 1. The Morgan fingerprint density at radius 1 is 1.50 bits per heavy atom. The summed E-state index contributed by atoms with van der Waals surface area (Å²) >= 11 is -2.00. The zero-order chi connectivity index (χ0) is 6.99. The molecule has 4 heteroatoms. The van der Waals surface area contributed by atoms with Crippen LogP contribution in [0.2, 0.25) is 0 Å². The van der Waals surface area contributed by atoms with Crippen LogP contribution in [0.3, 0.4) is 0 Å². The van der Waals surface area contributed by atoms with Crippen LogP contribution < -0.4 is 0 Å². The summed E-state index contributed by atoms with van der Waals surface area (Å²) < 4.78 is 17.0. The molecule has 46 valence electrons. The number of rotatable bonds is 1. The Morgan fingerprint density at radius 2 is 1.62 bits per heavy atom. The molecule has 0 aliphatic carbocycles. The van der Waals surface area contributed by atoms with Crippen LogP contribution >= 0.6 is 0 Å². The summed E-state index contributed by atoms with van der Waals surface area (Å²) in [6, 6.07) is 0. The third-order valence-electron chi connectivity index (χ3n) is 0.498. The van der Waals surface area contributed by atoms with E-state index in [1.165, 1.54) is 0 Å². The van der Waals surface area contributed by atoms with Gasteiger partial charge in [0.15, 0.2) is 0 Å². The van der Waals surface area contributed by atoms with Gasteiger partial charge in [-0.05, 0) is 6.92 Å². The van der Waals surface area contributed by atoms with Gasteiger partial charge >= 0.3 is 25.7 Å². The van der Waals surface area contributed by atoms with E-state index in [1.54, 1.807) is 6.92 Å². The van der Waals surface area contributed by atoms with Gasteiger partial charge < -0.3 is 4.79 Å². The molecule has 0 unspecified atom stereocenters. The quantitative estimate of drug-likeness (QED) is 0.520. The van der Waals surface area contributed by atoms with Crippen LogP contribution in [0, 0.1) is 0 Å². The topological polar surface area (TPSA) is 51.2 Å². The van der Waals surface area contributed by atoms with Crippen molar-refractivity contribution in [3.8, 4) is 0 Å². The second-order valence-electron chi connectivity index (χ2n) is 1.14. The van der Waals surface area contributed by atoms with E-state index in [1.807, 2.05) is 6.92 Å². The monoisotopic (exact) mass is 152 g/mol. The van der Waals surface area contributed by atoms with Gasteiger partial charge in [-0.3, -0.25) is 0 Å². The minimum absolute atomic E-state index is 0.255. The van der Waals surface area contributed by atoms with E-state index in [0.29, 0.717) is 6.42 Å². The molecule has 0 aromatic rings. The molecule has 0 fully saturated rings.